The van der Waals surface area contributed by atoms with Crippen LogP contribution < -0.4 is 0 Å². The first-order valence-electron chi connectivity index (χ1n) is 6.68. The van der Waals surface area contributed by atoms with Crippen molar-refractivity contribution in [3.8, 4) is 0 Å². The number of aromatic nitrogens is 3. The van der Waals surface area contributed by atoms with Gasteiger partial charge in [-0.05, 0) is 26.2 Å². The minimum absolute atomic E-state index is 1.03. The predicted molar refractivity (Wildman–Crippen MR) is 67.5 cm³/mol. The van der Waals surface area contributed by atoms with E-state index in [1.165, 1.54) is 49.9 Å². The van der Waals surface area contributed by atoms with Gasteiger partial charge < -0.3 is 0 Å². The molecule has 0 saturated heterocycles. The first kappa shape index (κ1) is 13.2. The molecular weight excluding hydrogens is 198 g/mol. The van der Waals surface area contributed by atoms with Crippen LogP contribution in [-0.2, 0) is 13.0 Å². The van der Waals surface area contributed by atoms with Gasteiger partial charge >= 0.3 is 0 Å². The Labute approximate surface area is 99.2 Å². The number of unbranched alkanes of at least 4 members (excludes halogenated alkanes) is 4. The Morgan fingerprint density at radius 3 is 2.44 bits per heavy atom. The summed E-state index contributed by atoms with van der Waals surface area (Å²) in [4.78, 5) is 0. The molecule has 16 heavy (non-hydrogen) atoms. The van der Waals surface area contributed by atoms with Crippen molar-refractivity contribution in [1.82, 2.24) is 15.0 Å². The highest BCUT2D eigenvalue weighted by Crippen LogP contribution is 2.09. The van der Waals surface area contributed by atoms with Gasteiger partial charge in [-0.15, -0.1) is 5.10 Å². The smallest absolute Gasteiger partial charge is 0.0856 e. The highest BCUT2D eigenvalue weighted by atomic mass is 15.4. The fourth-order valence-corrected chi connectivity index (χ4v) is 1.87. The van der Waals surface area contributed by atoms with E-state index in [-0.39, 0.29) is 0 Å². The van der Waals surface area contributed by atoms with E-state index in [4.69, 9.17) is 0 Å². The van der Waals surface area contributed by atoms with E-state index in [0.29, 0.717) is 0 Å². The van der Waals surface area contributed by atoms with Gasteiger partial charge in [-0.3, -0.25) is 0 Å². The maximum atomic E-state index is 4.27. The van der Waals surface area contributed by atoms with Crippen LogP contribution in [0.2, 0.25) is 0 Å². The lowest BCUT2D eigenvalue weighted by Gasteiger charge is -2.03. The Morgan fingerprint density at radius 1 is 1.00 bits per heavy atom. The zero-order valence-corrected chi connectivity index (χ0v) is 11.0. The Bertz CT molecular complexity index is 291. The molecule has 0 amide bonds. The molecule has 0 aliphatic carbocycles. The van der Waals surface area contributed by atoms with Crippen molar-refractivity contribution in [3.63, 3.8) is 0 Å². The molecule has 3 heteroatoms. The van der Waals surface area contributed by atoms with Crippen LogP contribution in [0.5, 0.6) is 0 Å². The number of hydrogen-bond acceptors (Lipinski definition) is 2. The summed E-state index contributed by atoms with van der Waals surface area (Å²) in [5, 5.41) is 8.50. The van der Waals surface area contributed by atoms with Gasteiger partial charge in [0.2, 0.25) is 0 Å². The minimum atomic E-state index is 1.03. The average molecular weight is 223 g/mol. The van der Waals surface area contributed by atoms with Crippen LogP contribution in [-0.4, -0.2) is 15.0 Å². The zero-order chi connectivity index (χ0) is 11.8. The van der Waals surface area contributed by atoms with Gasteiger partial charge in [-0.1, -0.05) is 44.7 Å². The van der Waals surface area contributed by atoms with E-state index in [1.807, 2.05) is 0 Å². The minimum Gasteiger partial charge on any atom is -0.249 e. The number of rotatable bonds is 8. The lowest BCUT2D eigenvalue weighted by molar-refractivity contribution is 0.519. The first-order chi connectivity index (χ1) is 7.79. The molecule has 0 N–H and O–H groups in total. The summed E-state index contributed by atoms with van der Waals surface area (Å²) >= 11 is 0. The van der Waals surface area contributed by atoms with Gasteiger partial charge in [0.15, 0.2) is 0 Å². The molecule has 0 atom stereocenters. The molecule has 1 heterocycles. The topological polar surface area (TPSA) is 30.7 Å². The molecule has 1 aromatic rings. The molecular formula is C13H25N3. The van der Waals surface area contributed by atoms with E-state index < -0.39 is 0 Å². The first-order valence-corrected chi connectivity index (χ1v) is 6.68. The largest absolute Gasteiger partial charge is 0.249 e. The molecule has 0 aliphatic heterocycles. The molecule has 0 aromatic carbocycles. The van der Waals surface area contributed by atoms with Crippen LogP contribution in [0.25, 0.3) is 0 Å². The fraction of sp³-hybridized carbons (Fsp3) is 0.846. The summed E-state index contributed by atoms with van der Waals surface area (Å²) in [7, 11) is 0. The summed E-state index contributed by atoms with van der Waals surface area (Å²) in [6.45, 7) is 7.63. The van der Waals surface area contributed by atoms with E-state index in [1.54, 1.807) is 0 Å². The van der Waals surface area contributed by atoms with Crippen LogP contribution in [0.1, 0.15) is 63.8 Å². The molecule has 0 unspecified atom stereocenters. The number of aryl methyl sites for hydroxylation is 2. The average Bonchev–Trinajstić information content (AvgIpc) is 2.64. The highest BCUT2D eigenvalue weighted by Gasteiger charge is 2.06. The van der Waals surface area contributed by atoms with Crippen molar-refractivity contribution in [2.24, 2.45) is 0 Å². The predicted octanol–water partition coefficient (Wildman–Crippen LogP) is 3.51. The molecule has 0 radical (unpaired) electrons. The van der Waals surface area contributed by atoms with Gasteiger partial charge in [-0.25, -0.2) is 4.68 Å². The van der Waals surface area contributed by atoms with Crippen molar-refractivity contribution in [1.29, 1.82) is 0 Å². The maximum Gasteiger partial charge on any atom is 0.0856 e. The van der Waals surface area contributed by atoms with E-state index in [9.17, 15) is 0 Å². The van der Waals surface area contributed by atoms with Gasteiger partial charge in [0.25, 0.3) is 0 Å². The molecule has 0 fully saturated rings. The Hall–Kier alpha value is -0.860. The fourth-order valence-electron chi connectivity index (χ4n) is 1.87. The SMILES string of the molecule is CCCCCCn1nnc(CCCC)c1C. The van der Waals surface area contributed by atoms with Crippen molar-refractivity contribution in [2.75, 3.05) is 0 Å². The summed E-state index contributed by atoms with van der Waals surface area (Å²) in [6.07, 6.45) is 8.68. The van der Waals surface area contributed by atoms with Gasteiger partial charge in [0, 0.05) is 6.54 Å². The lowest BCUT2D eigenvalue weighted by Crippen LogP contribution is -2.03. The molecule has 3 nitrogen and oxygen atoms in total. The molecule has 1 rings (SSSR count). The molecule has 0 aliphatic rings. The van der Waals surface area contributed by atoms with Gasteiger partial charge in [-0.2, -0.15) is 0 Å². The zero-order valence-electron chi connectivity index (χ0n) is 11.0. The van der Waals surface area contributed by atoms with Crippen LogP contribution in [0.15, 0.2) is 0 Å². The normalized spacial score (nSPS) is 10.9. The molecule has 0 spiro atoms. The summed E-state index contributed by atoms with van der Waals surface area (Å²) in [5.41, 5.74) is 2.46. The van der Waals surface area contributed by atoms with Crippen LogP contribution in [0.3, 0.4) is 0 Å². The Balaban J connectivity index is 2.38. The second kappa shape index (κ2) is 7.42. The van der Waals surface area contributed by atoms with Crippen molar-refractivity contribution in [2.45, 2.75) is 72.3 Å². The molecule has 0 saturated carbocycles. The van der Waals surface area contributed by atoms with Crippen molar-refractivity contribution in [3.05, 3.63) is 11.4 Å². The van der Waals surface area contributed by atoms with Gasteiger partial charge in [0.05, 0.1) is 11.4 Å². The number of hydrogen-bond donors (Lipinski definition) is 0. The van der Waals surface area contributed by atoms with Crippen molar-refractivity contribution < 1.29 is 0 Å². The van der Waals surface area contributed by atoms with Crippen molar-refractivity contribution >= 4 is 0 Å². The molecule has 1 aromatic heterocycles. The second-order valence-corrected chi connectivity index (χ2v) is 4.51. The lowest BCUT2D eigenvalue weighted by atomic mass is 10.2. The maximum absolute atomic E-state index is 4.27. The highest BCUT2D eigenvalue weighted by molar-refractivity contribution is 5.07. The second-order valence-electron chi connectivity index (χ2n) is 4.51. The Kier molecular flexibility index (Phi) is 6.12. The van der Waals surface area contributed by atoms with Crippen LogP contribution >= 0.6 is 0 Å². The summed E-state index contributed by atoms with van der Waals surface area (Å²) in [6, 6.07) is 0. The summed E-state index contributed by atoms with van der Waals surface area (Å²) in [5.74, 6) is 0. The van der Waals surface area contributed by atoms with E-state index in [0.717, 1.165) is 13.0 Å². The third kappa shape index (κ3) is 3.95. The Morgan fingerprint density at radius 2 is 1.75 bits per heavy atom. The van der Waals surface area contributed by atoms with Crippen LogP contribution in [0.4, 0.5) is 0 Å². The third-order valence-corrected chi connectivity index (χ3v) is 3.07. The van der Waals surface area contributed by atoms with Gasteiger partial charge in [0.1, 0.15) is 0 Å². The third-order valence-electron chi connectivity index (χ3n) is 3.07. The molecule has 0 bridgehead atoms. The van der Waals surface area contributed by atoms with E-state index in [2.05, 4.69) is 35.8 Å². The molecule has 92 valence electrons. The monoisotopic (exact) mass is 223 g/mol. The number of nitrogens with zero attached hydrogens (tertiary/aromatic N) is 3. The van der Waals surface area contributed by atoms with E-state index >= 15 is 0 Å². The summed E-state index contributed by atoms with van der Waals surface area (Å²) < 4.78 is 2.07. The van der Waals surface area contributed by atoms with Crippen LogP contribution in [0, 0.1) is 6.92 Å². The quantitative estimate of drug-likeness (QED) is 0.631. The standard InChI is InChI=1S/C13H25N3/c1-4-6-8-9-11-16-12(3)13(14-15-16)10-7-5-2/h4-11H2,1-3H3.